The van der Waals surface area contributed by atoms with Gasteiger partial charge >= 0.3 is 6.18 Å². The third-order valence-electron chi connectivity index (χ3n) is 7.19. The van der Waals surface area contributed by atoms with Crippen molar-refractivity contribution in [2.24, 2.45) is 5.92 Å². The van der Waals surface area contributed by atoms with Gasteiger partial charge in [-0.05, 0) is 39.0 Å². The topological polar surface area (TPSA) is 66.5 Å². The molecular formula is C23H33F3N2O3. The summed E-state index contributed by atoms with van der Waals surface area (Å²) < 4.78 is 43.5. The van der Waals surface area contributed by atoms with Gasteiger partial charge in [0, 0.05) is 18.2 Å². The van der Waals surface area contributed by atoms with E-state index in [1.54, 1.807) is 0 Å². The SMILES string of the molecule is CC(=O)C1=C(C)N(C2CCCCC2)C(=O)[C@]1(NC(=O)CCC1CCCCC1)C(F)(F)F. The van der Waals surface area contributed by atoms with Gasteiger partial charge in [-0.3, -0.25) is 14.4 Å². The molecule has 2 aliphatic carbocycles. The molecule has 0 aromatic carbocycles. The van der Waals surface area contributed by atoms with Gasteiger partial charge in [-0.15, -0.1) is 0 Å². The summed E-state index contributed by atoms with van der Waals surface area (Å²) in [7, 11) is 0. The molecule has 1 heterocycles. The largest absolute Gasteiger partial charge is 0.425 e. The lowest BCUT2D eigenvalue weighted by atomic mass is 9.85. The predicted molar refractivity (Wildman–Crippen MR) is 110 cm³/mol. The average molecular weight is 443 g/mol. The predicted octanol–water partition coefficient (Wildman–Crippen LogP) is 4.80. The number of Topliss-reactive ketones (excluding diaryl/α,β-unsaturated/α-hetero) is 1. The molecule has 2 fully saturated rings. The van der Waals surface area contributed by atoms with Crippen LogP contribution in [0.25, 0.3) is 0 Å². The Morgan fingerprint density at radius 3 is 2.10 bits per heavy atom. The highest BCUT2D eigenvalue weighted by Crippen LogP contribution is 2.47. The smallest absolute Gasteiger partial charge is 0.330 e. The van der Waals surface area contributed by atoms with E-state index < -0.39 is 34.9 Å². The van der Waals surface area contributed by atoms with Crippen molar-refractivity contribution in [1.82, 2.24) is 10.2 Å². The van der Waals surface area contributed by atoms with Crippen molar-refractivity contribution in [1.29, 1.82) is 0 Å². The quantitative estimate of drug-likeness (QED) is 0.642. The number of nitrogens with zero attached hydrogens (tertiary/aromatic N) is 1. The number of rotatable bonds is 6. The van der Waals surface area contributed by atoms with Crippen molar-refractivity contribution in [3.8, 4) is 0 Å². The number of allylic oxidation sites excluding steroid dienone is 1. The van der Waals surface area contributed by atoms with E-state index in [4.69, 9.17) is 0 Å². The summed E-state index contributed by atoms with van der Waals surface area (Å²) in [4.78, 5) is 39.6. The van der Waals surface area contributed by atoms with Crippen LogP contribution in [0.4, 0.5) is 13.2 Å². The zero-order valence-electron chi connectivity index (χ0n) is 18.4. The normalized spacial score (nSPS) is 26.5. The summed E-state index contributed by atoms with van der Waals surface area (Å²) in [6.07, 6.45) is 4.36. The van der Waals surface area contributed by atoms with E-state index in [0.717, 1.165) is 63.2 Å². The third kappa shape index (κ3) is 4.53. The lowest BCUT2D eigenvalue weighted by Crippen LogP contribution is -2.66. The Morgan fingerprint density at radius 2 is 1.58 bits per heavy atom. The number of hydrogen-bond acceptors (Lipinski definition) is 3. The van der Waals surface area contributed by atoms with Crippen LogP contribution in [-0.2, 0) is 14.4 Å². The summed E-state index contributed by atoms with van der Waals surface area (Å²) in [6.45, 7) is 2.43. The zero-order chi connectivity index (χ0) is 22.8. The van der Waals surface area contributed by atoms with E-state index >= 15 is 0 Å². The summed E-state index contributed by atoms with van der Waals surface area (Å²) >= 11 is 0. The highest BCUT2D eigenvalue weighted by atomic mass is 19.4. The highest BCUT2D eigenvalue weighted by Gasteiger charge is 2.70. The first-order chi connectivity index (χ1) is 14.6. The first-order valence-corrected chi connectivity index (χ1v) is 11.5. The number of hydrogen-bond donors (Lipinski definition) is 1. The molecule has 0 saturated heterocycles. The Bertz CT molecular complexity index is 750. The fourth-order valence-electron chi connectivity index (χ4n) is 5.66. The van der Waals surface area contributed by atoms with Crippen molar-refractivity contribution in [2.45, 2.75) is 109 Å². The van der Waals surface area contributed by atoms with Crippen molar-refractivity contribution in [3.05, 3.63) is 11.3 Å². The van der Waals surface area contributed by atoms with Crippen LogP contribution in [0.1, 0.15) is 90.9 Å². The number of carbonyl (C=O) groups is 3. The Labute approximate surface area is 181 Å². The number of ketones is 1. The maximum absolute atomic E-state index is 14.5. The second-order valence-electron chi connectivity index (χ2n) is 9.32. The van der Waals surface area contributed by atoms with E-state index in [-0.39, 0.29) is 18.2 Å². The first-order valence-electron chi connectivity index (χ1n) is 11.5. The molecule has 174 valence electrons. The minimum Gasteiger partial charge on any atom is -0.330 e. The molecule has 0 unspecified atom stereocenters. The van der Waals surface area contributed by atoms with Crippen molar-refractivity contribution >= 4 is 17.6 Å². The molecule has 31 heavy (non-hydrogen) atoms. The van der Waals surface area contributed by atoms with Gasteiger partial charge in [-0.25, -0.2) is 0 Å². The molecule has 0 aromatic rings. The fraction of sp³-hybridized carbons (Fsp3) is 0.783. The molecule has 8 heteroatoms. The summed E-state index contributed by atoms with van der Waals surface area (Å²) in [5.41, 5.74) is -3.90. The van der Waals surface area contributed by atoms with Crippen LogP contribution in [0.5, 0.6) is 0 Å². The molecule has 1 aliphatic heterocycles. The molecule has 0 bridgehead atoms. The summed E-state index contributed by atoms with van der Waals surface area (Å²) in [6, 6.07) is -0.376. The first kappa shape index (κ1) is 23.8. The molecule has 0 radical (unpaired) electrons. The molecule has 2 saturated carbocycles. The molecule has 0 spiro atoms. The molecule has 1 atom stereocenters. The van der Waals surface area contributed by atoms with Crippen molar-refractivity contribution in [2.75, 3.05) is 0 Å². The zero-order valence-corrected chi connectivity index (χ0v) is 18.4. The molecule has 3 aliphatic rings. The monoisotopic (exact) mass is 442 g/mol. The standard InChI is InChI=1S/C23H33F3N2O3/c1-15-20(16(2)29)22(23(24,25)26,21(31)28(15)18-11-7-4-8-12-18)27-19(30)14-13-17-9-5-3-6-10-17/h17-18H,3-14H2,1-2H3,(H,27,30)/t22-/m0/s1. The van der Waals surface area contributed by atoms with Crippen LogP contribution in [0.15, 0.2) is 11.3 Å². The van der Waals surface area contributed by atoms with Crippen molar-refractivity contribution in [3.63, 3.8) is 0 Å². The Morgan fingerprint density at radius 1 is 1.03 bits per heavy atom. The average Bonchev–Trinajstić information content (AvgIpc) is 2.95. The minimum atomic E-state index is -5.11. The van der Waals surface area contributed by atoms with E-state index in [1.165, 1.54) is 6.92 Å². The second-order valence-corrected chi connectivity index (χ2v) is 9.32. The van der Waals surface area contributed by atoms with Crippen LogP contribution in [0.2, 0.25) is 0 Å². The molecule has 3 rings (SSSR count). The van der Waals surface area contributed by atoms with E-state index in [1.807, 2.05) is 5.32 Å². The van der Waals surface area contributed by atoms with E-state index in [0.29, 0.717) is 25.2 Å². The van der Waals surface area contributed by atoms with E-state index in [2.05, 4.69) is 0 Å². The maximum atomic E-state index is 14.5. The van der Waals surface area contributed by atoms with Gasteiger partial charge in [0.05, 0.1) is 5.57 Å². The number of alkyl halides is 3. The van der Waals surface area contributed by atoms with E-state index in [9.17, 15) is 27.6 Å². The number of halogens is 3. The van der Waals surface area contributed by atoms with Crippen LogP contribution >= 0.6 is 0 Å². The molecular weight excluding hydrogens is 409 g/mol. The van der Waals surface area contributed by atoms with Crippen LogP contribution in [0.3, 0.4) is 0 Å². The third-order valence-corrected chi connectivity index (χ3v) is 7.19. The Kier molecular flexibility index (Phi) is 7.16. The molecule has 1 N–H and O–H groups in total. The lowest BCUT2D eigenvalue weighted by molar-refractivity contribution is -0.195. The molecule has 5 nitrogen and oxygen atoms in total. The van der Waals surface area contributed by atoms with Crippen molar-refractivity contribution < 1.29 is 27.6 Å². The summed E-state index contributed by atoms with van der Waals surface area (Å²) in [5.74, 6) is -2.58. The van der Waals surface area contributed by atoms with Gasteiger partial charge < -0.3 is 10.2 Å². The van der Waals surface area contributed by atoms with Gasteiger partial charge in [-0.1, -0.05) is 51.4 Å². The summed E-state index contributed by atoms with van der Waals surface area (Å²) in [5, 5.41) is 2.02. The number of carbonyl (C=O) groups excluding carboxylic acids is 3. The van der Waals surface area contributed by atoms with Crippen LogP contribution < -0.4 is 5.32 Å². The van der Waals surface area contributed by atoms with Gasteiger partial charge in [0.2, 0.25) is 11.4 Å². The second kappa shape index (κ2) is 9.33. The van der Waals surface area contributed by atoms with Crippen LogP contribution in [0, 0.1) is 5.92 Å². The molecule has 2 amide bonds. The molecule has 0 aromatic heterocycles. The highest BCUT2D eigenvalue weighted by molar-refractivity contribution is 6.12. The minimum absolute atomic E-state index is 0.0225. The number of amides is 2. The van der Waals surface area contributed by atoms with Gasteiger partial charge in [0.15, 0.2) is 5.78 Å². The lowest BCUT2D eigenvalue weighted by Gasteiger charge is -2.36. The maximum Gasteiger partial charge on any atom is 0.425 e. The van der Waals surface area contributed by atoms with Gasteiger partial charge in [-0.2, -0.15) is 13.2 Å². The number of nitrogens with one attached hydrogen (secondary N) is 1. The van der Waals surface area contributed by atoms with Gasteiger partial charge in [0.25, 0.3) is 5.91 Å². The Balaban J connectivity index is 1.89. The van der Waals surface area contributed by atoms with Gasteiger partial charge in [0.1, 0.15) is 0 Å². The Hall–Kier alpha value is -1.86. The van der Waals surface area contributed by atoms with Crippen LogP contribution in [-0.4, -0.2) is 40.3 Å². The fourth-order valence-corrected chi connectivity index (χ4v) is 5.66.